The lowest BCUT2D eigenvalue weighted by atomic mass is 9.84. The molecule has 2 rings (SSSR count). The molecule has 16 heavy (non-hydrogen) atoms. The highest BCUT2D eigenvalue weighted by Crippen LogP contribution is 2.28. The Kier molecular flexibility index (Phi) is 4.62. The number of Topliss-reactive ketones (excluding diaryl/α,β-unsaturated/α-hetero) is 1. The molecule has 1 saturated carbocycles. The van der Waals surface area contributed by atoms with Crippen LogP contribution in [0.2, 0.25) is 0 Å². The molecule has 0 heterocycles. The van der Waals surface area contributed by atoms with E-state index in [0.717, 1.165) is 37.2 Å². The van der Waals surface area contributed by atoms with E-state index in [-0.39, 0.29) is 0 Å². The summed E-state index contributed by atoms with van der Waals surface area (Å²) in [4.78, 5) is 12.0. The standard InChI is InChI=1S/C15H24O/c16-15(14-9-5-2-6-10-14)12-11-13-7-3-1-4-8-13/h9,13H,1-8,10-12H2. The van der Waals surface area contributed by atoms with Crippen molar-refractivity contribution in [1.29, 1.82) is 0 Å². The third kappa shape index (κ3) is 3.47. The Bertz CT molecular complexity index is 259. The second kappa shape index (κ2) is 6.22. The summed E-state index contributed by atoms with van der Waals surface area (Å²) in [5, 5.41) is 0. The van der Waals surface area contributed by atoms with Gasteiger partial charge >= 0.3 is 0 Å². The molecule has 0 amide bonds. The van der Waals surface area contributed by atoms with Crippen LogP contribution in [0.3, 0.4) is 0 Å². The number of hydrogen-bond donors (Lipinski definition) is 0. The van der Waals surface area contributed by atoms with Crippen LogP contribution in [0.4, 0.5) is 0 Å². The van der Waals surface area contributed by atoms with Crippen molar-refractivity contribution in [2.75, 3.05) is 0 Å². The van der Waals surface area contributed by atoms with E-state index in [9.17, 15) is 4.79 Å². The highest BCUT2D eigenvalue weighted by Gasteiger charge is 2.17. The van der Waals surface area contributed by atoms with E-state index in [1.165, 1.54) is 44.9 Å². The van der Waals surface area contributed by atoms with E-state index in [4.69, 9.17) is 0 Å². The van der Waals surface area contributed by atoms with Crippen LogP contribution in [0.25, 0.3) is 0 Å². The van der Waals surface area contributed by atoms with Gasteiger partial charge in [0.05, 0.1) is 0 Å². The number of carbonyl (C=O) groups excluding carboxylic acids is 1. The summed E-state index contributed by atoms with van der Waals surface area (Å²) in [6.45, 7) is 0. The average Bonchev–Trinajstić information content (AvgIpc) is 2.38. The van der Waals surface area contributed by atoms with Gasteiger partial charge < -0.3 is 0 Å². The molecule has 2 aliphatic rings. The van der Waals surface area contributed by atoms with Gasteiger partial charge in [-0.3, -0.25) is 4.79 Å². The molecule has 0 N–H and O–H groups in total. The van der Waals surface area contributed by atoms with Gasteiger partial charge in [-0.25, -0.2) is 0 Å². The maximum Gasteiger partial charge on any atom is 0.158 e. The summed E-state index contributed by atoms with van der Waals surface area (Å²) in [5.41, 5.74) is 1.14. The summed E-state index contributed by atoms with van der Waals surface area (Å²) in [6.07, 6.45) is 15.8. The summed E-state index contributed by atoms with van der Waals surface area (Å²) >= 11 is 0. The van der Waals surface area contributed by atoms with Gasteiger partial charge in [0, 0.05) is 6.42 Å². The molecule has 0 radical (unpaired) electrons. The molecule has 1 nitrogen and oxygen atoms in total. The van der Waals surface area contributed by atoms with Crippen LogP contribution in [0.1, 0.15) is 70.6 Å². The molecule has 0 bridgehead atoms. The van der Waals surface area contributed by atoms with Gasteiger partial charge in [-0.2, -0.15) is 0 Å². The Morgan fingerprint density at radius 2 is 1.94 bits per heavy atom. The molecule has 2 aliphatic carbocycles. The number of hydrogen-bond acceptors (Lipinski definition) is 1. The molecule has 0 spiro atoms. The van der Waals surface area contributed by atoms with Crippen molar-refractivity contribution in [1.82, 2.24) is 0 Å². The van der Waals surface area contributed by atoms with Crippen molar-refractivity contribution < 1.29 is 4.79 Å². The fourth-order valence-corrected chi connectivity index (χ4v) is 3.06. The first-order valence-electron chi connectivity index (χ1n) is 7.08. The normalized spacial score (nSPS) is 22.9. The van der Waals surface area contributed by atoms with Crippen LogP contribution in [0, 0.1) is 5.92 Å². The molecular formula is C15H24O. The van der Waals surface area contributed by atoms with Crippen molar-refractivity contribution in [2.45, 2.75) is 70.6 Å². The highest BCUT2D eigenvalue weighted by atomic mass is 16.1. The zero-order valence-electron chi connectivity index (χ0n) is 10.3. The fraction of sp³-hybridized carbons (Fsp3) is 0.800. The molecule has 1 heteroatoms. The molecule has 90 valence electrons. The third-order valence-corrected chi connectivity index (χ3v) is 4.15. The maximum absolute atomic E-state index is 12.0. The van der Waals surface area contributed by atoms with Crippen molar-refractivity contribution >= 4 is 5.78 Å². The lowest BCUT2D eigenvalue weighted by molar-refractivity contribution is -0.116. The Balaban J connectivity index is 1.72. The monoisotopic (exact) mass is 220 g/mol. The molecule has 0 unspecified atom stereocenters. The van der Waals surface area contributed by atoms with Crippen LogP contribution in [-0.2, 0) is 4.79 Å². The summed E-state index contributed by atoms with van der Waals surface area (Å²) < 4.78 is 0. The quantitative estimate of drug-likeness (QED) is 0.685. The van der Waals surface area contributed by atoms with Crippen molar-refractivity contribution in [2.24, 2.45) is 5.92 Å². The molecule has 0 saturated heterocycles. The first-order chi connectivity index (χ1) is 7.86. The molecule has 0 aliphatic heterocycles. The minimum Gasteiger partial charge on any atom is -0.295 e. The number of allylic oxidation sites excluding steroid dienone is 2. The van der Waals surface area contributed by atoms with Gasteiger partial charge in [-0.05, 0) is 43.6 Å². The van der Waals surface area contributed by atoms with Crippen LogP contribution in [0.15, 0.2) is 11.6 Å². The van der Waals surface area contributed by atoms with Crippen molar-refractivity contribution in [3.05, 3.63) is 11.6 Å². The van der Waals surface area contributed by atoms with E-state index in [0.29, 0.717) is 5.78 Å². The third-order valence-electron chi connectivity index (χ3n) is 4.15. The Morgan fingerprint density at radius 3 is 2.62 bits per heavy atom. The van der Waals surface area contributed by atoms with Crippen molar-refractivity contribution in [3.63, 3.8) is 0 Å². The smallest absolute Gasteiger partial charge is 0.158 e. The number of rotatable bonds is 4. The minimum atomic E-state index is 0.449. The highest BCUT2D eigenvalue weighted by molar-refractivity contribution is 5.95. The van der Waals surface area contributed by atoms with Gasteiger partial charge in [-0.15, -0.1) is 0 Å². The van der Waals surface area contributed by atoms with Gasteiger partial charge in [0.1, 0.15) is 0 Å². The lowest BCUT2D eigenvalue weighted by Crippen LogP contribution is -2.11. The van der Waals surface area contributed by atoms with E-state index in [2.05, 4.69) is 6.08 Å². The van der Waals surface area contributed by atoms with Gasteiger partial charge in [0.25, 0.3) is 0 Å². The first-order valence-corrected chi connectivity index (χ1v) is 7.08. The average molecular weight is 220 g/mol. The topological polar surface area (TPSA) is 17.1 Å². The van der Waals surface area contributed by atoms with Crippen LogP contribution in [0.5, 0.6) is 0 Å². The summed E-state index contributed by atoms with van der Waals surface area (Å²) in [7, 11) is 0. The maximum atomic E-state index is 12.0. The van der Waals surface area contributed by atoms with Crippen molar-refractivity contribution in [3.8, 4) is 0 Å². The molecule has 1 fully saturated rings. The zero-order chi connectivity index (χ0) is 11.2. The number of ketones is 1. The molecule has 0 aromatic rings. The Morgan fingerprint density at radius 1 is 1.12 bits per heavy atom. The zero-order valence-corrected chi connectivity index (χ0v) is 10.3. The second-order valence-corrected chi connectivity index (χ2v) is 5.44. The molecule has 0 atom stereocenters. The van der Waals surface area contributed by atoms with Crippen LogP contribution in [-0.4, -0.2) is 5.78 Å². The minimum absolute atomic E-state index is 0.449. The summed E-state index contributed by atoms with van der Waals surface area (Å²) in [5.74, 6) is 1.30. The number of carbonyl (C=O) groups is 1. The predicted octanol–water partition coefficient (Wildman–Crippen LogP) is 4.42. The molecule has 0 aromatic heterocycles. The second-order valence-electron chi connectivity index (χ2n) is 5.44. The van der Waals surface area contributed by atoms with Gasteiger partial charge in [0.15, 0.2) is 5.78 Å². The van der Waals surface area contributed by atoms with Gasteiger partial charge in [-0.1, -0.05) is 38.2 Å². The van der Waals surface area contributed by atoms with Crippen LogP contribution < -0.4 is 0 Å². The van der Waals surface area contributed by atoms with Gasteiger partial charge in [0.2, 0.25) is 0 Å². The van der Waals surface area contributed by atoms with Crippen LogP contribution >= 0.6 is 0 Å². The Labute approximate surface area is 99.3 Å². The molecular weight excluding hydrogens is 196 g/mol. The lowest BCUT2D eigenvalue weighted by Gasteiger charge is -2.21. The van der Waals surface area contributed by atoms with E-state index < -0.39 is 0 Å². The largest absolute Gasteiger partial charge is 0.295 e. The Hall–Kier alpha value is -0.590. The van der Waals surface area contributed by atoms with E-state index >= 15 is 0 Å². The fourth-order valence-electron chi connectivity index (χ4n) is 3.06. The van der Waals surface area contributed by atoms with E-state index in [1.807, 2.05) is 0 Å². The SMILES string of the molecule is O=C(CCC1CCCCC1)C1=CCCCC1. The first kappa shape index (κ1) is 11.9. The predicted molar refractivity (Wildman–Crippen MR) is 67.4 cm³/mol. The summed E-state index contributed by atoms with van der Waals surface area (Å²) in [6, 6.07) is 0. The van der Waals surface area contributed by atoms with E-state index in [1.54, 1.807) is 0 Å². The molecule has 0 aromatic carbocycles.